The average molecular weight is 204 g/mol. The summed E-state index contributed by atoms with van der Waals surface area (Å²) in [6.07, 6.45) is 3.76. The smallest absolute Gasteiger partial charge is 0.259 e. The molecular weight excluding hydrogens is 188 g/mol. The van der Waals surface area contributed by atoms with Crippen LogP contribution in [0.3, 0.4) is 0 Å². The number of allylic oxidation sites excluding steroid dienone is 1. The summed E-state index contributed by atoms with van der Waals surface area (Å²) in [6.45, 7) is 8.21. The van der Waals surface area contributed by atoms with Gasteiger partial charge in [0.05, 0.1) is 5.69 Å². The number of aromatic nitrogens is 2. The SMILES string of the molecule is CC(C)C1=Cc2nc(C(C)C)cn2C1=O. The Labute approximate surface area is 89.8 Å². The molecule has 1 aromatic heterocycles. The van der Waals surface area contributed by atoms with Crippen molar-refractivity contribution in [3.8, 4) is 0 Å². The van der Waals surface area contributed by atoms with Crippen LogP contribution in [0.2, 0.25) is 0 Å². The van der Waals surface area contributed by atoms with Crippen molar-refractivity contribution in [1.82, 2.24) is 9.55 Å². The van der Waals surface area contributed by atoms with Crippen LogP contribution < -0.4 is 0 Å². The van der Waals surface area contributed by atoms with E-state index in [0.717, 1.165) is 17.1 Å². The van der Waals surface area contributed by atoms with Crippen LogP contribution in [-0.2, 0) is 0 Å². The maximum absolute atomic E-state index is 11.9. The molecule has 0 N–H and O–H groups in total. The van der Waals surface area contributed by atoms with E-state index in [1.165, 1.54) is 0 Å². The second-order valence-corrected chi connectivity index (χ2v) is 4.61. The lowest BCUT2D eigenvalue weighted by molar-refractivity contribution is 0.0952. The third kappa shape index (κ3) is 1.52. The minimum atomic E-state index is 0.0828. The van der Waals surface area contributed by atoms with E-state index in [4.69, 9.17) is 0 Å². The number of carbonyl (C=O) groups is 1. The Morgan fingerprint density at radius 1 is 1.20 bits per heavy atom. The molecule has 0 aliphatic carbocycles. The zero-order valence-corrected chi connectivity index (χ0v) is 9.61. The van der Waals surface area contributed by atoms with E-state index in [1.807, 2.05) is 26.1 Å². The molecule has 3 nitrogen and oxygen atoms in total. The molecule has 0 fully saturated rings. The molecule has 1 aliphatic rings. The van der Waals surface area contributed by atoms with E-state index in [-0.39, 0.29) is 11.8 Å². The summed E-state index contributed by atoms with van der Waals surface area (Å²) in [7, 11) is 0. The fraction of sp³-hybridized carbons (Fsp3) is 0.500. The van der Waals surface area contributed by atoms with Gasteiger partial charge in [-0.05, 0) is 17.9 Å². The maximum Gasteiger partial charge on any atom is 0.259 e. The maximum atomic E-state index is 11.9. The minimum Gasteiger partial charge on any atom is -0.269 e. The molecular formula is C12H16N2O. The van der Waals surface area contributed by atoms with Crippen LogP contribution >= 0.6 is 0 Å². The summed E-state index contributed by atoms with van der Waals surface area (Å²) in [5.74, 6) is 1.50. The molecule has 2 heterocycles. The Morgan fingerprint density at radius 3 is 2.33 bits per heavy atom. The van der Waals surface area contributed by atoms with Crippen molar-refractivity contribution in [1.29, 1.82) is 0 Å². The van der Waals surface area contributed by atoms with E-state index in [9.17, 15) is 4.79 Å². The van der Waals surface area contributed by atoms with E-state index >= 15 is 0 Å². The Morgan fingerprint density at radius 2 is 1.87 bits per heavy atom. The standard InChI is InChI=1S/C12H16N2O/c1-7(2)9-5-11-13-10(8(3)4)6-14(11)12(9)15/h5-8H,1-4H3. The van der Waals surface area contributed by atoms with Gasteiger partial charge in [-0.3, -0.25) is 9.36 Å². The van der Waals surface area contributed by atoms with Crippen LogP contribution in [0.5, 0.6) is 0 Å². The lowest BCUT2D eigenvalue weighted by atomic mass is 10.0. The third-order valence-corrected chi connectivity index (χ3v) is 2.72. The van der Waals surface area contributed by atoms with Crippen LogP contribution in [-0.4, -0.2) is 15.5 Å². The van der Waals surface area contributed by atoms with Crippen molar-refractivity contribution in [2.45, 2.75) is 33.6 Å². The number of rotatable bonds is 2. The number of hydrogen-bond donors (Lipinski definition) is 0. The zero-order valence-electron chi connectivity index (χ0n) is 9.61. The van der Waals surface area contributed by atoms with E-state index in [0.29, 0.717) is 5.92 Å². The Kier molecular flexibility index (Phi) is 2.25. The van der Waals surface area contributed by atoms with Crippen LogP contribution in [0.1, 0.15) is 49.9 Å². The Bertz CT molecular complexity index is 438. The highest BCUT2D eigenvalue weighted by Crippen LogP contribution is 2.25. The first-order valence-corrected chi connectivity index (χ1v) is 5.36. The molecule has 0 unspecified atom stereocenters. The normalized spacial score (nSPS) is 15.1. The second kappa shape index (κ2) is 3.33. The van der Waals surface area contributed by atoms with Gasteiger partial charge in [0.25, 0.3) is 5.91 Å². The van der Waals surface area contributed by atoms with E-state index < -0.39 is 0 Å². The number of hydrogen-bond acceptors (Lipinski definition) is 2. The highest BCUT2D eigenvalue weighted by Gasteiger charge is 2.26. The van der Waals surface area contributed by atoms with Crippen LogP contribution in [0.15, 0.2) is 11.8 Å². The highest BCUT2D eigenvalue weighted by atomic mass is 16.2. The van der Waals surface area contributed by atoms with Gasteiger partial charge in [0.1, 0.15) is 5.82 Å². The van der Waals surface area contributed by atoms with Crippen LogP contribution in [0.25, 0.3) is 6.08 Å². The molecule has 0 bridgehead atoms. The molecule has 0 atom stereocenters. The third-order valence-electron chi connectivity index (χ3n) is 2.72. The van der Waals surface area contributed by atoms with Gasteiger partial charge in [0, 0.05) is 11.8 Å². The molecule has 1 aliphatic heterocycles. The quantitative estimate of drug-likeness (QED) is 0.742. The second-order valence-electron chi connectivity index (χ2n) is 4.61. The molecule has 80 valence electrons. The number of fused-ring (bicyclic) bond motifs is 1. The Balaban J connectivity index is 2.42. The van der Waals surface area contributed by atoms with Gasteiger partial charge in [-0.1, -0.05) is 27.7 Å². The largest absolute Gasteiger partial charge is 0.269 e. The highest BCUT2D eigenvalue weighted by molar-refractivity contribution is 6.04. The molecule has 0 saturated heterocycles. The summed E-state index contributed by atoms with van der Waals surface area (Å²) < 4.78 is 1.66. The van der Waals surface area contributed by atoms with Crippen molar-refractivity contribution in [3.63, 3.8) is 0 Å². The van der Waals surface area contributed by atoms with E-state index in [2.05, 4.69) is 18.8 Å². The van der Waals surface area contributed by atoms with Gasteiger partial charge < -0.3 is 0 Å². The van der Waals surface area contributed by atoms with Crippen molar-refractivity contribution in [2.24, 2.45) is 5.92 Å². The summed E-state index contributed by atoms with van der Waals surface area (Å²) >= 11 is 0. The molecule has 0 saturated carbocycles. The molecule has 3 heteroatoms. The number of carbonyl (C=O) groups excluding carboxylic acids is 1. The lowest BCUT2D eigenvalue weighted by Gasteiger charge is -2.04. The van der Waals surface area contributed by atoms with Crippen molar-refractivity contribution in [3.05, 3.63) is 23.3 Å². The zero-order chi connectivity index (χ0) is 11.2. The summed E-state index contributed by atoms with van der Waals surface area (Å²) in [5, 5.41) is 0. The Hall–Kier alpha value is -1.38. The molecule has 0 amide bonds. The molecule has 0 spiro atoms. The molecule has 15 heavy (non-hydrogen) atoms. The predicted octanol–water partition coefficient (Wildman–Crippen LogP) is 2.70. The summed E-state index contributed by atoms with van der Waals surface area (Å²) in [5.41, 5.74) is 1.84. The predicted molar refractivity (Wildman–Crippen MR) is 59.8 cm³/mol. The summed E-state index contributed by atoms with van der Waals surface area (Å²) in [6, 6.07) is 0. The monoisotopic (exact) mass is 204 g/mol. The molecule has 1 aromatic rings. The van der Waals surface area contributed by atoms with Crippen molar-refractivity contribution < 1.29 is 4.79 Å². The first-order chi connectivity index (χ1) is 7.00. The van der Waals surface area contributed by atoms with Crippen LogP contribution in [0, 0.1) is 5.92 Å². The molecule has 2 rings (SSSR count). The number of nitrogens with zero attached hydrogens (tertiary/aromatic N) is 2. The van der Waals surface area contributed by atoms with Gasteiger partial charge in [-0.2, -0.15) is 0 Å². The van der Waals surface area contributed by atoms with E-state index in [1.54, 1.807) is 4.57 Å². The summed E-state index contributed by atoms with van der Waals surface area (Å²) in [4.78, 5) is 16.4. The first-order valence-electron chi connectivity index (χ1n) is 5.36. The fourth-order valence-corrected chi connectivity index (χ4v) is 1.71. The van der Waals surface area contributed by atoms with Crippen LogP contribution in [0.4, 0.5) is 0 Å². The molecule has 0 aromatic carbocycles. The first kappa shape index (κ1) is 10.1. The lowest BCUT2D eigenvalue weighted by Crippen LogP contribution is -2.11. The van der Waals surface area contributed by atoms with Gasteiger partial charge in [0.2, 0.25) is 0 Å². The van der Waals surface area contributed by atoms with Gasteiger partial charge in [0.15, 0.2) is 0 Å². The van der Waals surface area contributed by atoms with Gasteiger partial charge in [-0.15, -0.1) is 0 Å². The van der Waals surface area contributed by atoms with Crippen molar-refractivity contribution >= 4 is 12.0 Å². The number of imidazole rings is 1. The van der Waals surface area contributed by atoms with Crippen molar-refractivity contribution in [2.75, 3.05) is 0 Å². The molecule has 0 radical (unpaired) electrons. The average Bonchev–Trinajstić information content (AvgIpc) is 2.65. The topological polar surface area (TPSA) is 34.9 Å². The van der Waals surface area contributed by atoms with Gasteiger partial charge in [-0.25, -0.2) is 4.98 Å². The van der Waals surface area contributed by atoms with Gasteiger partial charge >= 0.3 is 0 Å². The minimum absolute atomic E-state index is 0.0828. The fourth-order valence-electron chi connectivity index (χ4n) is 1.71.